The first kappa shape index (κ1) is 24.0. The summed E-state index contributed by atoms with van der Waals surface area (Å²) in [7, 11) is -2.17. The summed E-state index contributed by atoms with van der Waals surface area (Å²) in [5.74, 6) is 0. The lowest BCUT2D eigenvalue weighted by atomic mass is 10.1. The van der Waals surface area contributed by atoms with Crippen LogP contribution < -0.4 is 0 Å². The molecular formula is C15H35NO5S. The molecule has 0 amide bonds. The van der Waals surface area contributed by atoms with Gasteiger partial charge in [0.2, 0.25) is 10.4 Å². The van der Waals surface area contributed by atoms with Crippen LogP contribution in [0.15, 0.2) is 0 Å². The van der Waals surface area contributed by atoms with Crippen LogP contribution in [-0.2, 0) is 14.6 Å². The van der Waals surface area contributed by atoms with Crippen LogP contribution in [0, 0.1) is 0 Å². The lowest BCUT2D eigenvalue weighted by Gasteiger charge is -2.32. The van der Waals surface area contributed by atoms with Gasteiger partial charge in [-0.1, -0.05) is 32.6 Å². The molecule has 0 saturated carbocycles. The van der Waals surface area contributed by atoms with Gasteiger partial charge < -0.3 is 14.1 Å². The Balaban J connectivity index is 0. The number of rotatable bonds is 12. The molecule has 0 aromatic rings. The summed E-state index contributed by atoms with van der Waals surface area (Å²) in [4.78, 5) is 0. The molecule has 22 heavy (non-hydrogen) atoms. The van der Waals surface area contributed by atoms with Crippen molar-refractivity contribution >= 4 is 10.4 Å². The van der Waals surface area contributed by atoms with E-state index in [0.29, 0.717) is 6.61 Å². The molecule has 0 spiro atoms. The van der Waals surface area contributed by atoms with Crippen molar-refractivity contribution in [2.24, 2.45) is 0 Å². The van der Waals surface area contributed by atoms with E-state index in [1.807, 2.05) is 0 Å². The van der Waals surface area contributed by atoms with E-state index in [1.165, 1.54) is 52.0 Å². The van der Waals surface area contributed by atoms with Crippen LogP contribution in [0.3, 0.4) is 0 Å². The van der Waals surface area contributed by atoms with E-state index in [2.05, 4.69) is 25.1 Å². The van der Waals surface area contributed by atoms with Gasteiger partial charge in [-0.15, -0.1) is 0 Å². The molecule has 0 aliphatic carbocycles. The van der Waals surface area contributed by atoms with Gasteiger partial charge in [0.1, 0.15) is 6.54 Å². The van der Waals surface area contributed by atoms with Crippen molar-refractivity contribution in [3.63, 3.8) is 0 Å². The highest BCUT2D eigenvalue weighted by Gasteiger charge is 2.16. The van der Waals surface area contributed by atoms with Crippen LogP contribution >= 0.6 is 0 Å². The lowest BCUT2D eigenvalue weighted by Crippen LogP contribution is -2.46. The summed E-state index contributed by atoms with van der Waals surface area (Å²) in [6, 6.07) is 0. The van der Waals surface area contributed by atoms with E-state index in [9.17, 15) is 13.0 Å². The van der Waals surface area contributed by atoms with E-state index in [4.69, 9.17) is 5.11 Å². The summed E-state index contributed by atoms with van der Waals surface area (Å²) in [6.45, 7) is 9.39. The first-order valence-electron chi connectivity index (χ1n) is 8.29. The van der Waals surface area contributed by atoms with Gasteiger partial charge in [-0.05, 0) is 26.7 Å². The number of nitrogens with zero attached hydrogens (tertiary/aromatic N) is 1. The smallest absolute Gasteiger partial charge is 0.217 e. The van der Waals surface area contributed by atoms with Crippen molar-refractivity contribution in [3.05, 3.63) is 0 Å². The maximum atomic E-state index is 9.45. The average molecular weight is 342 g/mol. The van der Waals surface area contributed by atoms with Gasteiger partial charge in [-0.2, -0.15) is 0 Å². The van der Waals surface area contributed by atoms with Crippen LogP contribution in [0.25, 0.3) is 0 Å². The highest BCUT2D eigenvalue weighted by atomic mass is 32.3. The fourth-order valence-corrected chi connectivity index (χ4v) is 2.38. The molecular weight excluding hydrogens is 306 g/mol. The van der Waals surface area contributed by atoms with Crippen molar-refractivity contribution < 1.29 is 26.7 Å². The van der Waals surface area contributed by atoms with Crippen molar-refractivity contribution in [1.29, 1.82) is 0 Å². The van der Waals surface area contributed by atoms with Crippen molar-refractivity contribution in [2.75, 3.05) is 39.9 Å². The number of hydrogen-bond donors (Lipinski definition) is 1. The molecule has 6 nitrogen and oxygen atoms in total. The maximum Gasteiger partial charge on any atom is 0.217 e. The zero-order chi connectivity index (χ0) is 17.5. The molecule has 0 heterocycles. The summed E-state index contributed by atoms with van der Waals surface area (Å²) in [5.41, 5.74) is 0. The Kier molecular flexibility index (Phi) is 15.7. The molecule has 0 bridgehead atoms. The minimum atomic E-state index is -4.42. The molecule has 7 heteroatoms. The molecule has 0 aliphatic rings. The molecule has 1 atom stereocenters. The summed E-state index contributed by atoms with van der Waals surface area (Å²) >= 11 is 0. The van der Waals surface area contributed by atoms with E-state index in [1.54, 1.807) is 0 Å². The fourth-order valence-electron chi connectivity index (χ4n) is 2.09. The second-order valence-electron chi connectivity index (χ2n) is 5.69. The third-order valence-electron chi connectivity index (χ3n) is 3.72. The Morgan fingerprint density at radius 3 is 1.91 bits per heavy atom. The first-order chi connectivity index (χ1) is 10.2. The Morgan fingerprint density at radius 1 is 1.00 bits per heavy atom. The average Bonchev–Trinajstić information content (AvgIpc) is 2.42. The molecule has 0 radical (unpaired) electrons. The topological polar surface area (TPSA) is 86.7 Å². The Labute approximate surface area is 137 Å². The highest BCUT2D eigenvalue weighted by molar-refractivity contribution is 7.80. The van der Waals surface area contributed by atoms with Gasteiger partial charge in [-0.25, -0.2) is 8.42 Å². The zero-order valence-corrected chi connectivity index (χ0v) is 15.5. The lowest BCUT2D eigenvalue weighted by molar-refractivity contribution is -0.908. The van der Waals surface area contributed by atoms with Crippen LogP contribution in [0.5, 0.6) is 0 Å². The Bertz CT molecular complexity index is 335. The van der Waals surface area contributed by atoms with E-state index >= 15 is 0 Å². The van der Waals surface area contributed by atoms with E-state index in [-0.39, 0.29) is 6.61 Å². The molecule has 136 valence electrons. The van der Waals surface area contributed by atoms with Crippen molar-refractivity contribution in [3.8, 4) is 0 Å². The number of hydrogen-bond acceptors (Lipinski definition) is 5. The quantitative estimate of drug-likeness (QED) is 0.255. The van der Waals surface area contributed by atoms with Gasteiger partial charge in [0.15, 0.2) is 0 Å². The Morgan fingerprint density at radius 2 is 1.55 bits per heavy atom. The normalized spacial score (nSPS) is 14.1. The number of aliphatic hydroxyl groups is 1. The standard InChI is InChI=1S/C13H30NO.C2H6O4S/c1-4-6-7-8-9-10-11-14(3,5-2)12-13-15;1-2-6-7(3,4)5/h15H,4-13H2,1-3H3;2H2,1H3,(H,3,4,5)/q+1;/p-1. The second-order valence-corrected chi connectivity index (χ2v) is 6.74. The third kappa shape index (κ3) is 17.8. The van der Waals surface area contributed by atoms with Crippen LogP contribution in [0.4, 0.5) is 0 Å². The van der Waals surface area contributed by atoms with Gasteiger partial charge in [0, 0.05) is 0 Å². The minimum absolute atomic E-state index is 0.0914. The van der Waals surface area contributed by atoms with Crippen LogP contribution in [0.1, 0.15) is 59.3 Å². The van der Waals surface area contributed by atoms with Gasteiger partial charge >= 0.3 is 0 Å². The molecule has 0 rings (SSSR count). The minimum Gasteiger partial charge on any atom is -0.726 e. The SMILES string of the molecule is CCCCCCCC[N+](C)(CC)CCO.CCOS(=O)(=O)[O-]. The van der Waals surface area contributed by atoms with Crippen LogP contribution in [-0.4, -0.2) is 62.5 Å². The molecule has 0 aliphatic heterocycles. The predicted octanol–water partition coefficient (Wildman–Crippen LogP) is 2.29. The van der Waals surface area contributed by atoms with E-state index in [0.717, 1.165) is 17.6 Å². The monoisotopic (exact) mass is 341 g/mol. The molecule has 0 aromatic carbocycles. The highest BCUT2D eigenvalue weighted by Crippen LogP contribution is 2.09. The zero-order valence-electron chi connectivity index (χ0n) is 14.7. The molecule has 1 N–H and O–H groups in total. The fraction of sp³-hybridized carbons (Fsp3) is 1.00. The van der Waals surface area contributed by atoms with E-state index < -0.39 is 10.4 Å². The van der Waals surface area contributed by atoms with Crippen molar-refractivity contribution in [2.45, 2.75) is 59.3 Å². The summed E-state index contributed by atoms with van der Waals surface area (Å²) in [5, 5.41) is 8.99. The van der Waals surface area contributed by atoms with Gasteiger partial charge in [-0.3, -0.25) is 4.18 Å². The second kappa shape index (κ2) is 14.4. The predicted molar refractivity (Wildman–Crippen MR) is 88.2 cm³/mol. The number of unbranched alkanes of at least 4 members (excludes halogenated alkanes) is 5. The van der Waals surface area contributed by atoms with Gasteiger partial charge in [0.05, 0.1) is 33.4 Å². The van der Waals surface area contributed by atoms with Crippen LogP contribution in [0.2, 0.25) is 0 Å². The summed E-state index contributed by atoms with van der Waals surface area (Å²) < 4.78 is 33.0. The Hall–Kier alpha value is -0.210. The maximum absolute atomic E-state index is 9.45. The third-order valence-corrected chi connectivity index (χ3v) is 4.24. The molecule has 0 aromatic heterocycles. The number of aliphatic hydroxyl groups excluding tert-OH is 1. The first-order valence-corrected chi connectivity index (χ1v) is 9.62. The molecule has 0 fully saturated rings. The molecule has 0 saturated heterocycles. The van der Waals surface area contributed by atoms with Crippen molar-refractivity contribution in [1.82, 2.24) is 0 Å². The molecule has 1 unspecified atom stereocenters. The van der Waals surface area contributed by atoms with Gasteiger partial charge in [0.25, 0.3) is 0 Å². The number of likely N-dealkylation sites (N-methyl/N-ethyl adjacent to an activating group) is 1. The largest absolute Gasteiger partial charge is 0.726 e. The summed E-state index contributed by atoms with van der Waals surface area (Å²) in [6.07, 6.45) is 8.17. The number of quaternary nitrogens is 1.